The van der Waals surface area contributed by atoms with E-state index in [4.69, 9.17) is 9.47 Å². The molecule has 1 aliphatic heterocycles. The van der Waals surface area contributed by atoms with Crippen molar-refractivity contribution in [2.75, 3.05) is 7.11 Å². The fourth-order valence-electron chi connectivity index (χ4n) is 2.82. The maximum absolute atomic E-state index is 12.4. The van der Waals surface area contributed by atoms with Crippen LogP contribution in [0, 0.1) is 5.41 Å². The first kappa shape index (κ1) is 12.9. The molecule has 1 aromatic rings. The second-order valence-electron chi connectivity index (χ2n) is 5.73. The summed E-state index contributed by atoms with van der Waals surface area (Å²) in [4.78, 5) is 24.7. The van der Waals surface area contributed by atoms with Crippen molar-refractivity contribution >= 4 is 17.3 Å². The van der Waals surface area contributed by atoms with Gasteiger partial charge in [0, 0.05) is 11.0 Å². The number of carbonyl (C=O) groups is 2. The van der Waals surface area contributed by atoms with E-state index in [0.29, 0.717) is 28.2 Å². The van der Waals surface area contributed by atoms with Crippen molar-refractivity contribution in [3.63, 3.8) is 0 Å². The molecule has 0 aromatic heterocycles. The summed E-state index contributed by atoms with van der Waals surface area (Å²) < 4.78 is 11.2. The summed E-state index contributed by atoms with van der Waals surface area (Å²) in [5, 5.41) is 0. The number of ether oxygens (including phenoxy) is 2. The van der Waals surface area contributed by atoms with Crippen molar-refractivity contribution in [3.8, 4) is 5.75 Å². The van der Waals surface area contributed by atoms with Gasteiger partial charge in [-0.15, -0.1) is 0 Å². The van der Waals surface area contributed by atoms with Crippen LogP contribution in [-0.4, -0.2) is 24.8 Å². The van der Waals surface area contributed by atoms with Crippen LogP contribution in [0.3, 0.4) is 0 Å². The first-order chi connectivity index (χ1) is 9.39. The van der Waals surface area contributed by atoms with E-state index in [0.717, 1.165) is 0 Å². The highest BCUT2D eigenvalue weighted by atomic mass is 16.5. The Morgan fingerprint density at radius 3 is 2.55 bits per heavy atom. The van der Waals surface area contributed by atoms with Crippen molar-refractivity contribution in [3.05, 3.63) is 34.9 Å². The second-order valence-corrected chi connectivity index (χ2v) is 5.73. The van der Waals surface area contributed by atoms with Gasteiger partial charge in [0.15, 0.2) is 0 Å². The Kier molecular flexibility index (Phi) is 2.55. The van der Waals surface area contributed by atoms with Crippen LogP contribution in [0.1, 0.15) is 36.7 Å². The van der Waals surface area contributed by atoms with Crippen molar-refractivity contribution in [1.82, 2.24) is 0 Å². The third-order valence-corrected chi connectivity index (χ3v) is 4.33. The molecular weight excluding hydrogens is 256 g/mol. The molecule has 0 spiro atoms. The SMILES string of the molecule is COc1cccc2c1C1=C(C(=O)C2=O)C(C)(C)C(C)O1. The van der Waals surface area contributed by atoms with E-state index < -0.39 is 17.0 Å². The average Bonchev–Trinajstić information content (AvgIpc) is 2.66. The van der Waals surface area contributed by atoms with E-state index in [-0.39, 0.29) is 6.10 Å². The maximum Gasteiger partial charge on any atom is 0.234 e. The summed E-state index contributed by atoms with van der Waals surface area (Å²) >= 11 is 0. The van der Waals surface area contributed by atoms with Gasteiger partial charge in [0.2, 0.25) is 11.6 Å². The summed E-state index contributed by atoms with van der Waals surface area (Å²) in [7, 11) is 1.54. The normalized spacial score (nSPS) is 23.3. The molecule has 1 aliphatic carbocycles. The smallest absolute Gasteiger partial charge is 0.234 e. The Morgan fingerprint density at radius 2 is 1.90 bits per heavy atom. The van der Waals surface area contributed by atoms with E-state index in [9.17, 15) is 9.59 Å². The van der Waals surface area contributed by atoms with Crippen molar-refractivity contribution in [2.24, 2.45) is 5.41 Å². The van der Waals surface area contributed by atoms with Crippen LogP contribution in [0.25, 0.3) is 5.76 Å². The summed E-state index contributed by atoms with van der Waals surface area (Å²) in [5.41, 5.74) is 0.942. The number of fused-ring (bicyclic) bond motifs is 2. The summed E-state index contributed by atoms with van der Waals surface area (Å²) in [6.07, 6.45) is -0.167. The first-order valence-corrected chi connectivity index (χ1v) is 6.57. The van der Waals surface area contributed by atoms with Gasteiger partial charge in [-0.3, -0.25) is 9.59 Å². The van der Waals surface area contributed by atoms with E-state index in [2.05, 4.69) is 0 Å². The van der Waals surface area contributed by atoms with Crippen LogP contribution in [0.15, 0.2) is 23.8 Å². The Morgan fingerprint density at radius 1 is 1.20 bits per heavy atom. The number of ketones is 2. The van der Waals surface area contributed by atoms with Crippen LogP contribution in [0.2, 0.25) is 0 Å². The van der Waals surface area contributed by atoms with Crippen LogP contribution >= 0.6 is 0 Å². The molecule has 4 heteroatoms. The van der Waals surface area contributed by atoms with E-state index in [1.54, 1.807) is 25.3 Å². The zero-order valence-electron chi connectivity index (χ0n) is 11.9. The van der Waals surface area contributed by atoms with Gasteiger partial charge in [0.25, 0.3) is 0 Å². The van der Waals surface area contributed by atoms with Crippen molar-refractivity contribution in [1.29, 1.82) is 0 Å². The standard InChI is InChI=1S/C16H16O4/c1-8-16(2,3)12-14(18)13(17)9-6-5-7-10(19-4)11(9)15(12)20-8/h5-8H,1-4H3. The fraction of sp³-hybridized carbons (Fsp3) is 0.375. The van der Waals surface area contributed by atoms with Crippen molar-refractivity contribution in [2.45, 2.75) is 26.9 Å². The molecule has 1 atom stereocenters. The minimum Gasteiger partial charge on any atom is -0.496 e. The van der Waals surface area contributed by atoms with Gasteiger partial charge in [-0.1, -0.05) is 19.9 Å². The lowest BCUT2D eigenvalue weighted by Gasteiger charge is -2.24. The highest BCUT2D eigenvalue weighted by Crippen LogP contribution is 2.50. The minimum atomic E-state index is -0.485. The molecule has 0 saturated heterocycles. The predicted molar refractivity (Wildman–Crippen MR) is 73.6 cm³/mol. The lowest BCUT2D eigenvalue weighted by atomic mass is 9.74. The predicted octanol–water partition coefficient (Wildman–Crippen LogP) is 2.62. The third-order valence-electron chi connectivity index (χ3n) is 4.33. The highest BCUT2D eigenvalue weighted by molar-refractivity contribution is 6.52. The number of hydrogen-bond acceptors (Lipinski definition) is 4. The number of Topliss-reactive ketones (excluding diaryl/α,β-unsaturated/α-hetero) is 2. The molecule has 0 fully saturated rings. The molecule has 1 heterocycles. The van der Waals surface area contributed by atoms with E-state index in [1.807, 2.05) is 20.8 Å². The monoisotopic (exact) mass is 272 g/mol. The average molecular weight is 272 g/mol. The van der Waals surface area contributed by atoms with Gasteiger partial charge in [-0.05, 0) is 19.1 Å². The van der Waals surface area contributed by atoms with Gasteiger partial charge in [-0.2, -0.15) is 0 Å². The molecule has 2 aliphatic rings. The zero-order chi connectivity index (χ0) is 14.7. The summed E-state index contributed by atoms with van der Waals surface area (Å²) in [6.45, 7) is 5.75. The molecule has 4 nitrogen and oxygen atoms in total. The van der Waals surface area contributed by atoms with Crippen LogP contribution in [0.4, 0.5) is 0 Å². The van der Waals surface area contributed by atoms with E-state index >= 15 is 0 Å². The molecule has 0 saturated carbocycles. The summed E-state index contributed by atoms with van der Waals surface area (Å²) in [5.74, 6) is 0.110. The number of hydrogen-bond donors (Lipinski definition) is 0. The van der Waals surface area contributed by atoms with Crippen LogP contribution < -0.4 is 4.74 Å². The van der Waals surface area contributed by atoms with Crippen molar-refractivity contribution < 1.29 is 19.1 Å². The molecule has 3 rings (SSSR count). The molecule has 1 unspecified atom stereocenters. The third kappa shape index (κ3) is 1.42. The Labute approximate surface area is 117 Å². The zero-order valence-corrected chi connectivity index (χ0v) is 11.9. The lowest BCUT2D eigenvalue weighted by molar-refractivity contribution is -0.112. The molecule has 0 amide bonds. The molecule has 0 radical (unpaired) electrons. The second kappa shape index (κ2) is 3.95. The Balaban J connectivity index is 2.36. The number of methoxy groups -OCH3 is 1. The number of benzene rings is 1. The Hall–Kier alpha value is -2.10. The van der Waals surface area contributed by atoms with Crippen LogP contribution in [0.5, 0.6) is 5.75 Å². The minimum absolute atomic E-state index is 0.167. The Bertz CT molecular complexity index is 667. The molecule has 20 heavy (non-hydrogen) atoms. The molecule has 1 aromatic carbocycles. The van der Waals surface area contributed by atoms with Gasteiger partial charge in [-0.25, -0.2) is 0 Å². The fourth-order valence-corrected chi connectivity index (χ4v) is 2.82. The quantitative estimate of drug-likeness (QED) is 0.737. The molecule has 0 bridgehead atoms. The maximum atomic E-state index is 12.4. The van der Waals surface area contributed by atoms with Gasteiger partial charge < -0.3 is 9.47 Å². The van der Waals surface area contributed by atoms with Gasteiger partial charge in [0.05, 0.1) is 18.2 Å². The molecular formula is C16H16O4. The van der Waals surface area contributed by atoms with E-state index in [1.165, 1.54) is 0 Å². The number of rotatable bonds is 1. The van der Waals surface area contributed by atoms with Gasteiger partial charge >= 0.3 is 0 Å². The molecule has 104 valence electrons. The van der Waals surface area contributed by atoms with Crippen LogP contribution in [-0.2, 0) is 9.53 Å². The van der Waals surface area contributed by atoms with Gasteiger partial charge in [0.1, 0.15) is 17.6 Å². The number of carbonyl (C=O) groups excluding carboxylic acids is 2. The lowest BCUT2D eigenvalue weighted by Crippen LogP contribution is -2.32. The molecule has 0 N–H and O–H groups in total. The largest absolute Gasteiger partial charge is 0.496 e. The first-order valence-electron chi connectivity index (χ1n) is 6.57. The summed E-state index contributed by atoms with van der Waals surface area (Å²) in [6, 6.07) is 5.12. The highest BCUT2D eigenvalue weighted by Gasteiger charge is 2.50. The topological polar surface area (TPSA) is 52.6 Å².